The molecule has 2 aromatic rings. The van der Waals surface area contributed by atoms with Crippen molar-refractivity contribution in [3.8, 4) is 11.4 Å². The van der Waals surface area contributed by atoms with Crippen molar-refractivity contribution in [3.05, 3.63) is 41.7 Å². The number of aromatic amines is 1. The number of hydrogen-bond donors (Lipinski definition) is 2. The van der Waals surface area contributed by atoms with Crippen molar-refractivity contribution in [1.29, 1.82) is 0 Å². The number of halogens is 3. The number of H-pyrrole nitrogens is 1. The van der Waals surface area contributed by atoms with Gasteiger partial charge in [0.05, 0.1) is 11.8 Å². The number of alkyl halides is 3. The molecule has 0 spiro atoms. The van der Waals surface area contributed by atoms with Crippen LogP contribution in [0.25, 0.3) is 11.4 Å². The van der Waals surface area contributed by atoms with E-state index in [1.165, 1.54) is 12.1 Å². The number of imidazole rings is 1. The third kappa shape index (κ3) is 2.34. The van der Waals surface area contributed by atoms with Crippen molar-refractivity contribution in [3.63, 3.8) is 0 Å². The van der Waals surface area contributed by atoms with E-state index < -0.39 is 17.7 Å². The topological polar surface area (TPSA) is 66.0 Å². The summed E-state index contributed by atoms with van der Waals surface area (Å²) in [5.41, 5.74) is -0.503. The summed E-state index contributed by atoms with van der Waals surface area (Å²) in [5, 5.41) is 8.68. The van der Waals surface area contributed by atoms with Crippen LogP contribution in [0, 0.1) is 0 Å². The molecule has 2 N–H and O–H groups in total. The Kier molecular flexibility index (Phi) is 2.82. The first-order valence-electron chi connectivity index (χ1n) is 4.84. The van der Waals surface area contributed by atoms with Crippen LogP contribution in [0.2, 0.25) is 0 Å². The van der Waals surface area contributed by atoms with Gasteiger partial charge in [0, 0.05) is 5.56 Å². The lowest BCUT2D eigenvalue weighted by Gasteiger charge is -2.06. The largest absolute Gasteiger partial charge is 0.477 e. The monoisotopic (exact) mass is 256 g/mol. The Morgan fingerprint density at radius 2 is 1.83 bits per heavy atom. The number of carboxylic acid groups (broad SMARTS) is 1. The van der Waals surface area contributed by atoms with Crippen LogP contribution in [0.4, 0.5) is 13.2 Å². The second-order valence-corrected chi connectivity index (χ2v) is 3.53. The van der Waals surface area contributed by atoms with Crippen LogP contribution in [0.1, 0.15) is 16.1 Å². The summed E-state index contributed by atoms with van der Waals surface area (Å²) in [6.07, 6.45) is -3.29. The van der Waals surface area contributed by atoms with Gasteiger partial charge in [0.2, 0.25) is 0 Å². The van der Waals surface area contributed by atoms with Gasteiger partial charge in [0.25, 0.3) is 0 Å². The number of nitrogens with zero attached hydrogens (tertiary/aromatic N) is 1. The fraction of sp³-hybridized carbons (Fsp3) is 0.0909. The van der Waals surface area contributed by atoms with E-state index in [-0.39, 0.29) is 11.5 Å². The Morgan fingerprint density at radius 1 is 1.22 bits per heavy atom. The van der Waals surface area contributed by atoms with Gasteiger partial charge in [-0.2, -0.15) is 13.2 Å². The molecule has 1 aromatic carbocycles. The average molecular weight is 256 g/mol. The lowest BCUT2D eigenvalue weighted by atomic mass is 10.1. The number of aromatic nitrogens is 2. The van der Waals surface area contributed by atoms with E-state index in [4.69, 9.17) is 5.11 Å². The third-order valence-corrected chi connectivity index (χ3v) is 2.29. The summed E-state index contributed by atoms with van der Waals surface area (Å²) >= 11 is 0. The van der Waals surface area contributed by atoms with Crippen molar-refractivity contribution < 1.29 is 23.1 Å². The summed E-state index contributed by atoms with van der Waals surface area (Å²) in [5.74, 6) is -0.971. The Bertz CT molecular complexity index is 573. The van der Waals surface area contributed by atoms with Gasteiger partial charge in [-0.15, -0.1) is 0 Å². The van der Waals surface area contributed by atoms with Gasteiger partial charge >= 0.3 is 12.1 Å². The van der Waals surface area contributed by atoms with Crippen LogP contribution in [0.3, 0.4) is 0 Å². The molecule has 0 saturated heterocycles. The normalized spacial score (nSPS) is 11.5. The lowest BCUT2D eigenvalue weighted by Crippen LogP contribution is -2.04. The second kappa shape index (κ2) is 4.17. The highest BCUT2D eigenvalue weighted by atomic mass is 19.4. The molecule has 2 rings (SSSR count). The number of hydrogen-bond acceptors (Lipinski definition) is 2. The Balaban J connectivity index is 2.31. The molecule has 94 valence electrons. The molecule has 0 amide bonds. The maximum atomic E-state index is 12.3. The Morgan fingerprint density at radius 3 is 2.28 bits per heavy atom. The minimum Gasteiger partial charge on any atom is -0.477 e. The summed E-state index contributed by atoms with van der Waals surface area (Å²) < 4.78 is 37.0. The fourth-order valence-electron chi connectivity index (χ4n) is 1.39. The molecule has 0 unspecified atom stereocenters. The van der Waals surface area contributed by atoms with Gasteiger partial charge in [-0.25, -0.2) is 9.78 Å². The van der Waals surface area contributed by atoms with E-state index >= 15 is 0 Å². The number of rotatable bonds is 2. The average Bonchev–Trinajstić information content (AvgIpc) is 2.77. The van der Waals surface area contributed by atoms with Crippen LogP contribution >= 0.6 is 0 Å². The van der Waals surface area contributed by atoms with Crippen molar-refractivity contribution in [2.75, 3.05) is 0 Å². The summed E-state index contributed by atoms with van der Waals surface area (Å²) in [6, 6.07) is 4.29. The molecule has 0 bridgehead atoms. The van der Waals surface area contributed by atoms with Crippen molar-refractivity contribution in [2.24, 2.45) is 0 Å². The van der Waals surface area contributed by atoms with Gasteiger partial charge in [-0.3, -0.25) is 0 Å². The van der Waals surface area contributed by atoms with Gasteiger partial charge in [-0.1, -0.05) is 12.1 Å². The Labute approximate surface area is 99.1 Å². The smallest absolute Gasteiger partial charge is 0.416 e. The lowest BCUT2D eigenvalue weighted by molar-refractivity contribution is -0.137. The number of nitrogens with one attached hydrogen (secondary N) is 1. The zero-order chi connectivity index (χ0) is 13.3. The third-order valence-electron chi connectivity index (χ3n) is 2.29. The first-order valence-corrected chi connectivity index (χ1v) is 4.84. The zero-order valence-electron chi connectivity index (χ0n) is 8.82. The summed E-state index contributed by atoms with van der Waals surface area (Å²) in [7, 11) is 0. The zero-order valence-corrected chi connectivity index (χ0v) is 8.82. The first kappa shape index (κ1) is 12.2. The molecule has 0 fully saturated rings. The van der Waals surface area contributed by atoms with Gasteiger partial charge < -0.3 is 10.1 Å². The molecule has 7 heteroatoms. The molecule has 1 aromatic heterocycles. The van der Waals surface area contributed by atoms with E-state index in [0.29, 0.717) is 5.56 Å². The van der Waals surface area contributed by atoms with Gasteiger partial charge in [0.15, 0.2) is 0 Å². The first-order chi connectivity index (χ1) is 8.38. The summed E-state index contributed by atoms with van der Waals surface area (Å²) in [6.45, 7) is 0. The van der Waals surface area contributed by atoms with Crippen LogP contribution in [0.5, 0.6) is 0 Å². The highest BCUT2D eigenvalue weighted by molar-refractivity contribution is 5.85. The molecule has 4 nitrogen and oxygen atoms in total. The standard InChI is InChI=1S/C11H7F3N2O2/c12-11(13,14)7-3-1-6(2-4-7)9-15-5-8(16-9)10(17)18/h1-5H,(H,15,16)(H,17,18). The molecule has 0 aliphatic rings. The molecule has 1 heterocycles. The predicted octanol–water partition coefficient (Wildman–Crippen LogP) is 2.79. The number of benzene rings is 1. The molecule has 0 saturated carbocycles. The van der Waals surface area contributed by atoms with E-state index in [1.54, 1.807) is 0 Å². The van der Waals surface area contributed by atoms with Crippen LogP contribution in [-0.4, -0.2) is 21.0 Å². The molecule has 18 heavy (non-hydrogen) atoms. The summed E-state index contributed by atoms with van der Waals surface area (Å²) in [4.78, 5) is 16.9. The maximum Gasteiger partial charge on any atom is 0.416 e. The maximum absolute atomic E-state index is 12.3. The van der Waals surface area contributed by atoms with E-state index in [9.17, 15) is 18.0 Å². The fourth-order valence-corrected chi connectivity index (χ4v) is 1.39. The molecule has 0 atom stereocenters. The van der Waals surface area contributed by atoms with Gasteiger partial charge in [0.1, 0.15) is 11.5 Å². The molecule has 0 radical (unpaired) electrons. The SMILES string of the molecule is O=C(O)c1cnc(-c2ccc(C(F)(F)F)cc2)[nH]1. The quantitative estimate of drug-likeness (QED) is 0.868. The highest BCUT2D eigenvalue weighted by Crippen LogP contribution is 2.30. The predicted molar refractivity (Wildman–Crippen MR) is 56.0 cm³/mol. The number of carboxylic acids is 1. The molecular weight excluding hydrogens is 249 g/mol. The van der Waals surface area contributed by atoms with Crippen molar-refractivity contribution in [2.45, 2.75) is 6.18 Å². The number of carbonyl (C=O) groups is 1. The van der Waals surface area contributed by atoms with Crippen LogP contribution in [0.15, 0.2) is 30.5 Å². The Hall–Kier alpha value is -2.31. The van der Waals surface area contributed by atoms with Gasteiger partial charge in [-0.05, 0) is 12.1 Å². The molecule has 0 aliphatic carbocycles. The number of aromatic carboxylic acids is 1. The van der Waals surface area contributed by atoms with Crippen LogP contribution < -0.4 is 0 Å². The van der Waals surface area contributed by atoms with E-state index in [1.807, 2.05) is 0 Å². The van der Waals surface area contributed by atoms with E-state index in [0.717, 1.165) is 18.3 Å². The highest BCUT2D eigenvalue weighted by Gasteiger charge is 2.30. The minimum atomic E-state index is -4.39. The minimum absolute atomic E-state index is 0.120. The molecule has 0 aliphatic heterocycles. The van der Waals surface area contributed by atoms with Crippen molar-refractivity contribution >= 4 is 5.97 Å². The van der Waals surface area contributed by atoms with E-state index in [2.05, 4.69) is 9.97 Å². The van der Waals surface area contributed by atoms with Crippen LogP contribution in [-0.2, 0) is 6.18 Å². The second-order valence-electron chi connectivity index (χ2n) is 3.53. The van der Waals surface area contributed by atoms with Crippen molar-refractivity contribution in [1.82, 2.24) is 9.97 Å². The molecular formula is C11H7F3N2O2.